The second-order valence-electron chi connectivity index (χ2n) is 2.73. The quantitative estimate of drug-likeness (QED) is 0.820. The highest BCUT2D eigenvalue weighted by Crippen LogP contribution is 2.14. The summed E-state index contributed by atoms with van der Waals surface area (Å²) in [6, 6.07) is 0. The van der Waals surface area contributed by atoms with E-state index in [-0.39, 0.29) is 0 Å². The van der Waals surface area contributed by atoms with Gasteiger partial charge in [0.25, 0.3) is 0 Å². The molecule has 0 atom stereocenters. The van der Waals surface area contributed by atoms with Crippen LogP contribution in [0.3, 0.4) is 0 Å². The van der Waals surface area contributed by atoms with Gasteiger partial charge in [-0.3, -0.25) is 0 Å². The summed E-state index contributed by atoms with van der Waals surface area (Å²) >= 11 is 1.53. The summed E-state index contributed by atoms with van der Waals surface area (Å²) in [6.07, 6.45) is 5.06. The molecule has 0 radical (unpaired) electrons. The van der Waals surface area contributed by atoms with Crippen LogP contribution in [0.25, 0.3) is 0 Å². The standard InChI is InChI=1S/C8H9N5S/c1-6-12-13-8(14-6)11-4-7-2-9-5-10-3-7/h2-3,5H,4H2,1H3,(H,11,13). The van der Waals surface area contributed by atoms with Gasteiger partial charge >= 0.3 is 0 Å². The summed E-state index contributed by atoms with van der Waals surface area (Å²) in [5.74, 6) is 0. The predicted molar refractivity (Wildman–Crippen MR) is 54.0 cm³/mol. The lowest BCUT2D eigenvalue weighted by Gasteiger charge is -1.99. The fraction of sp³-hybridized carbons (Fsp3) is 0.250. The van der Waals surface area contributed by atoms with Crippen LogP contribution < -0.4 is 5.32 Å². The third-order valence-corrected chi connectivity index (χ3v) is 2.38. The second-order valence-corrected chi connectivity index (χ2v) is 3.91. The van der Waals surface area contributed by atoms with Crippen LogP contribution in [-0.4, -0.2) is 20.2 Å². The van der Waals surface area contributed by atoms with E-state index in [0.717, 1.165) is 15.7 Å². The zero-order valence-corrected chi connectivity index (χ0v) is 8.45. The molecule has 0 amide bonds. The van der Waals surface area contributed by atoms with Crippen molar-refractivity contribution in [3.05, 3.63) is 29.3 Å². The van der Waals surface area contributed by atoms with Crippen molar-refractivity contribution >= 4 is 16.5 Å². The second kappa shape index (κ2) is 4.10. The van der Waals surface area contributed by atoms with E-state index in [1.165, 1.54) is 17.7 Å². The van der Waals surface area contributed by atoms with E-state index in [9.17, 15) is 0 Å². The minimum Gasteiger partial charge on any atom is -0.356 e. The summed E-state index contributed by atoms with van der Waals surface area (Å²) in [7, 11) is 0. The Kier molecular flexibility index (Phi) is 2.64. The van der Waals surface area contributed by atoms with Crippen molar-refractivity contribution in [3.63, 3.8) is 0 Å². The zero-order chi connectivity index (χ0) is 9.80. The lowest BCUT2D eigenvalue weighted by molar-refractivity contribution is 1.01. The third-order valence-electron chi connectivity index (χ3n) is 1.58. The minimum absolute atomic E-state index is 0.676. The lowest BCUT2D eigenvalue weighted by atomic mass is 10.3. The van der Waals surface area contributed by atoms with Gasteiger partial charge in [-0.25, -0.2) is 9.97 Å². The van der Waals surface area contributed by atoms with Crippen LogP contribution in [0, 0.1) is 6.92 Å². The molecular formula is C8H9N5S. The number of nitrogens with zero attached hydrogens (tertiary/aromatic N) is 4. The fourth-order valence-corrected chi connectivity index (χ4v) is 1.55. The summed E-state index contributed by atoms with van der Waals surface area (Å²) in [4.78, 5) is 7.84. The fourth-order valence-electron chi connectivity index (χ4n) is 0.967. The maximum atomic E-state index is 3.95. The Balaban J connectivity index is 1.95. The molecule has 2 aromatic heterocycles. The van der Waals surface area contributed by atoms with E-state index in [1.54, 1.807) is 12.4 Å². The van der Waals surface area contributed by atoms with Crippen LogP contribution in [0.1, 0.15) is 10.6 Å². The topological polar surface area (TPSA) is 63.6 Å². The summed E-state index contributed by atoms with van der Waals surface area (Å²) in [5.41, 5.74) is 1.03. The Hall–Kier alpha value is -1.56. The Bertz CT molecular complexity index is 399. The van der Waals surface area contributed by atoms with E-state index in [2.05, 4.69) is 25.5 Å². The van der Waals surface area contributed by atoms with Gasteiger partial charge in [0.15, 0.2) is 0 Å². The molecule has 0 saturated heterocycles. The van der Waals surface area contributed by atoms with Crippen molar-refractivity contribution in [1.29, 1.82) is 0 Å². The van der Waals surface area contributed by atoms with Gasteiger partial charge in [0.1, 0.15) is 11.3 Å². The molecule has 0 unspecified atom stereocenters. The molecule has 2 aromatic rings. The molecular weight excluding hydrogens is 198 g/mol. The van der Waals surface area contributed by atoms with Gasteiger partial charge in [-0.2, -0.15) is 0 Å². The first-order valence-corrected chi connectivity index (χ1v) is 4.94. The number of hydrogen-bond acceptors (Lipinski definition) is 6. The number of hydrogen-bond donors (Lipinski definition) is 1. The Morgan fingerprint density at radius 3 is 2.71 bits per heavy atom. The van der Waals surface area contributed by atoms with Crippen molar-refractivity contribution in [3.8, 4) is 0 Å². The molecule has 2 rings (SSSR count). The van der Waals surface area contributed by atoms with Crippen molar-refractivity contribution in [2.24, 2.45) is 0 Å². The highest BCUT2D eigenvalue weighted by atomic mass is 32.1. The Morgan fingerprint density at radius 1 is 1.29 bits per heavy atom. The number of rotatable bonds is 3. The van der Waals surface area contributed by atoms with E-state index in [0.29, 0.717) is 6.54 Å². The molecule has 6 heteroatoms. The molecule has 14 heavy (non-hydrogen) atoms. The molecule has 0 aliphatic carbocycles. The maximum absolute atomic E-state index is 3.95. The average Bonchev–Trinajstić information content (AvgIpc) is 2.63. The molecule has 0 fully saturated rings. The first-order valence-electron chi connectivity index (χ1n) is 4.12. The van der Waals surface area contributed by atoms with Crippen molar-refractivity contribution < 1.29 is 0 Å². The number of nitrogens with one attached hydrogen (secondary N) is 1. The SMILES string of the molecule is Cc1nnc(NCc2cncnc2)s1. The monoisotopic (exact) mass is 207 g/mol. The van der Waals surface area contributed by atoms with Crippen molar-refractivity contribution in [1.82, 2.24) is 20.2 Å². The van der Waals surface area contributed by atoms with Gasteiger partial charge in [0, 0.05) is 24.5 Å². The smallest absolute Gasteiger partial charge is 0.205 e. The molecule has 1 N–H and O–H groups in total. The highest BCUT2D eigenvalue weighted by molar-refractivity contribution is 7.15. The molecule has 0 saturated carbocycles. The van der Waals surface area contributed by atoms with Crippen LogP contribution in [0.5, 0.6) is 0 Å². The normalized spacial score (nSPS) is 10.1. The van der Waals surface area contributed by atoms with E-state index in [1.807, 2.05) is 6.92 Å². The Labute approximate surface area is 85.3 Å². The average molecular weight is 207 g/mol. The van der Waals surface area contributed by atoms with Gasteiger partial charge in [-0.1, -0.05) is 11.3 Å². The number of anilines is 1. The van der Waals surface area contributed by atoms with Gasteiger partial charge in [-0.05, 0) is 6.92 Å². The molecule has 72 valence electrons. The predicted octanol–water partition coefficient (Wildman–Crippen LogP) is 1.25. The molecule has 2 heterocycles. The third kappa shape index (κ3) is 2.23. The van der Waals surface area contributed by atoms with Crippen LogP contribution >= 0.6 is 11.3 Å². The number of aromatic nitrogens is 4. The first-order chi connectivity index (χ1) is 6.84. The van der Waals surface area contributed by atoms with E-state index < -0.39 is 0 Å². The summed E-state index contributed by atoms with van der Waals surface area (Å²) in [6.45, 7) is 2.60. The van der Waals surface area contributed by atoms with Crippen molar-refractivity contribution in [2.45, 2.75) is 13.5 Å². The molecule has 0 aliphatic heterocycles. The summed E-state index contributed by atoms with van der Waals surface area (Å²) in [5, 5.41) is 12.8. The van der Waals surface area contributed by atoms with Gasteiger partial charge in [0.05, 0.1) is 0 Å². The van der Waals surface area contributed by atoms with Crippen LogP contribution in [-0.2, 0) is 6.54 Å². The zero-order valence-electron chi connectivity index (χ0n) is 7.64. The van der Waals surface area contributed by atoms with E-state index >= 15 is 0 Å². The van der Waals surface area contributed by atoms with Crippen LogP contribution in [0.4, 0.5) is 5.13 Å². The van der Waals surface area contributed by atoms with Gasteiger partial charge in [0.2, 0.25) is 5.13 Å². The summed E-state index contributed by atoms with van der Waals surface area (Å²) < 4.78 is 0. The largest absolute Gasteiger partial charge is 0.356 e. The lowest BCUT2D eigenvalue weighted by Crippen LogP contribution is -1.99. The maximum Gasteiger partial charge on any atom is 0.205 e. The number of aryl methyl sites for hydroxylation is 1. The van der Waals surface area contributed by atoms with Gasteiger partial charge in [-0.15, -0.1) is 10.2 Å². The van der Waals surface area contributed by atoms with Crippen LogP contribution in [0.2, 0.25) is 0 Å². The molecule has 0 aliphatic rings. The molecule has 0 bridgehead atoms. The molecule has 0 aromatic carbocycles. The van der Waals surface area contributed by atoms with Crippen molar-refractivity contribution in [2.75, 3.05) is 5.32 Å². The first kappa shape index (κ1) is 9.01. The van der Waals surface area contributed by atoms with Gasteiger partial charge < -0.3 is 5.32 Å². The Morgan fingerprint density at radius 2 is 2.07 bits per heavy atom. The van der Waals surface area contributed by atoms with E-state index in [4.69, 9.17) is 0 Å². The minimum atomic E-state index is 0.676. The highest BCUT2D eigenvalue weighted by Gasteiger charge is 1.99. The molecule has 5 nitrogen and oxygen atoms in total. The molecule has 0 spiro atoms. The van der Waals surface area contributed by atoms with Crippen LogP contribution in [0.15, 0.2) is 18.7 Å².